The first-order valence-electron chi connectivity index (χ1n) is 6.38. The van der Waals surface area contributed by atoms with E-state index in [1.54, 1.807) is 6.20 Å². The van der Waals surface area contributed by atoms with Gasteiger partial charge < -0.3 is 9.84 Å². The molecule has 1 saturated heterocycles. The van der Waals surface area contributed by atoms with E-state index in [2.05, 4.69) is 11.9 Å². The van der Waals surface area contributed by atoms with Gasteiger partial charge in [0, 0.05) is 17.5 Å². The van der Waals surface area contributed by atoms with Crippen LogP contribution in [-0.2, 0) is 4.74 Å². The van der Waals surface area contributed by atoms with Gasteiger partial charge in [0.05, 0.1) is 24.3 Å². The van der Waals surface area contributed by atoms with Gasteiger partial charge in [-0.2, -0.15) is 0 Å². The Hall–Kier alpha value is -1.45. The summed E-state index contributed by atoms with van der Waals surface area (Å²) in [7, 11) is 0. The zero-order valence-electron chi connectivity index (χ0n) is 10.4. The van der Waals surface area contributed by atoms with E-state index in [4.69, 9.17) is 4.74 Å². The molecule has 3 unspecified atom stereocenters. The predicted molar refractivity (Wildman–Crippen MR) is 70.2 cm³/mol. The lowest BCUT2D eigenvalue weighted by Gasteiger charge is -2.17. The molecule has 1 aromatic heterocycles. The monoisotopic (exact) mass is 243 g/mol. The Labute approximate surface area is 106 Å². The number of pyridine rings is 1. The van der Waals surface area contributed by atoms with Crippen molar-refractivity contribution >= 4 is 10.9 Å². The van der Waals surface area contributed by atoms with Crippen molar-refractivity contribution in [2.45, 2.75) is 25.6 Å². The average Bonchev–Trinajstić information content (AvgIpc) is 2.84. The molecule has 1 aliphatic heterocycles. The van der Waals surface area contributed by atoms with Crippen molar-refractivity contribution in [3.8, 4) is 0 Å². The van der Waals surface area contributed by atoms with E-state index in [-0.39, 0.29) is 12.0 Å². The molecule has 0 amide bonds. The van der Waals surface area contributed by atoms with E-state index in [1.165, 1.54) is 0 Å². The van der Waals surface area contributed by atoms with Crippen molar-refractivity contribution in [2.75, 3.05) is 6.61 Å². The van der Waals surface area contributed by atoms with Gasteiger partial charge in [0.15, 0.2) is 0 Å². The van der Waals surface area contributed by atoms with Crippen LogP contribution in [0.15, 0.2) is 36.5 Å². The second kappa shape index (κ2) is 4.67. The van der Waals surface area contributed by atoms with Gasteiger partial charge in [-0.25, -0.2) is 0 Å². The summed E-state index contributed by atoms with van der Waals surface area (Å²) in [6, 6.07) is 9.92. The number of rotatable bonds is 2. The highest BCUT2D eigenvalue weighted by Gasteiger charge is 2.29. The maximum absolute atomic E-state index is 10.4. The van der Waals surface area contributed by atoms with Gasteiger partial charge in [-0.15, -0.1) is 0 Å². The van der Waals surface area contributed by atoms with Gasteiger partial charge in [0.1, 0.15) is 0 Å². The van der Waals surface area contributed by atoms with Gasteiger partial charge in [0.2, 0.25) is 0 Å². The van der Waals surface area contributed by atoms with E-state index in [0.29, 0.717) is 6.61 Å². The fraction of sp³-hybridized carbons (Fsp3) is 0.400. The summed E-state index contributed by atoms with van der Waals surface area (Å²) < 4.78 is 5.52. The van der Waals surface area contributed by atoms with Crippen molar-refractivity contribution in [1.29, 1.82) is 0 Å². The summed E-state index contributed by atoms with van der Waals surface area (Å²) in [5.74, 6) is 0.196. The molecule has 1 aliphatic rings. The summed E-state index contributed by atoms with van der Waals surface area (Å²) in [5, 5.41) is 11.5. The molecule has 18 heavy (non-hydrogen) atoms. The fourth-order valence-electron chi connectivity index (χ4n) is 2.61. The van der Waals surface area contributed by atoms with Crippen LogP contribution in [0.1, 0.15) is 25.0 Å². The molecule has 2 aromatic rings. The second-order valence-corrected chi connectivity index (χ2v) is 5.04. The van der Waals surface area contributed by atoms with Crippen molar-refractivity contribution in [3.05, 3.63) is 42.1 Å². The molecule has 1 aromatic carbocycles. The molecule has 3 rings (SSSR count). The number of aromatic nitrogens is 1. The molecule has 3 atom stereocenters. The number of aliphatic hydroxyl groups is 1. The predicted octanol–water partition coefficient (Wildman–Crippen LogP) is 2.69. The number of hydrogen-bond donors (Lipinski definition) is 1. The number of ether oxygens (including phenoxy) is 1. The summed E-state index contributed by atoms with van der Waals surface area (Å²) in [4.78, 5) is 4.32. The zero-order valence-corrected chi connectivity index (χ0v) is 10.4. The number of hydrogen-bond acceptors (Lipinski definition) is 3. The molecular formula is C15H17NO2. The first kappa shape index (κ1) is 11.6. The third-order valence-electron chi connectivity index (χ3n) is 3.65. The molecule has 3 heteroatoms. The Bertz CT molecular complexity index is 555. The van der Waals surface area contributed by atoms with Crippen LogP contribution in [0, 0.1) is 5.92 Å². The largest absolute Gasteiger partial charge is 0.388 e. The Morgan fingerprint density at radius 1 is 1.39 bits per heavy atom. The normalized spacial score (nSPS) is 25.4. The van der Waals surface area contributed by atoms with Crippen molar-refractivity contribution in [1.82, 2.24) is 4.98 Å². The summed E-state index contributed by atoms with van der Waals surface area (Å²) in [5.41, 5.74) is 1.87. The quantitative estimate of drug-likeness (QED) is 0.881. The van der Waals surface area contributed by atoms with E-state index in [1.807, 2.05) is 30.3 Å². The Balaban J connectivity index is 1.89. The highest BCUT2D eigenvalue weighted by atomic mass is 16.5. The Morgan fingerprint density at radius 2 is 2.28 bits per heavy atom. The lowest BCUT2D eigenvalue weighted by molar-refractivity contribution is 0.0804. The van der Waals surface area contributed by atoms with Crippen LogP contribution in [0.2, 0.25) is 0 Å². The average molecular weight is 243 g/mol. The molecule has 0 radical (unpaired) electrons. The molecule has 0 saturated carbocycles. The van der Waals surface area contributed by atoms with E-state index in [9.17, 15) is 5.11 Å². The second-order valence-electron chi connectivity index (χ2n) is 5.04. The third-order valence-corrected chi connectivity index (χ3v) is 3.65. The summed E-state index contributed by atoms with van der Waals surface area (Å²) in [6.07, 6.45) is 2.49. The molecular weight excluding hydrogens is 226 g/mol. The van der Waals surface area contributed by atoms with E-state index < -0.39 is 6.10 Å². The van der Waals surface area contributed by atoms with Gasteiger partial charge in [-0.3, -0.25) is 4.98 Å². The fourth-order valence-corrected chi connectivity index (χ4v) is 2.61. The van der Waals surface area contributed by atoms with Gasteiger partial charge in [-0.05, 0) is 31.0 Å². The van der Waals surface area contributed by atoms with Crippen molar-refractivity contribution in [2.24, 2.45) is 5.92 Å². The van der Waals surface area contributed by atoms with Crippen LogP contribution >= 0.6 is 0 Å². The lowest BCUT2D eigenvalue weighted by atomic mass is 9.93. The number of benzene rings is 1. The van der Waals surface area contributed by atoms with Crippen LogP contribution in [0.4, 0.5) is 0 Å². The molecule has 0 bridgehead atoms. The molecule has 3 nitrogen and oxygen atoms in total. The topological polar surface area (TPSA) is 42.4 Å². The minimum atomic E-state index is -0.457. The standard InChI is InChI=1S/C15H17NO2/c1-10-7-13(9-18-10)15(17)12-5-4-11-3-2-6-16-14(11)8-12/h2-6,8,10,13,15,17H,7,9H2,1H3. The Kier molecular flexibility index (Phi) is 3.02. The molecule has 0 spiro atoms. The Morgan fingerprint density at radius 3 is 3.06 bits per heavy atom. The van der Waals surface area contributed by atoms with E-state index >= 15 is 0 Å². The van der Waals surface area contributed by atoms with E-state index in [0.717, 1.165) is 22.9 Å². The van der Waals surface area contributed by atoms with Crippen molar-refractivity contribution < 1.29 is 9.84 Å². The maximum Gasteiger partial charge on any atom is 0.0841 e. The summed E-state index contributed by atoms with van der Waals surface area (Å²) >= 11 is 0. The molecule has 1 N–H and O–H groups in total. The minimum Gasteiger partial charge on any atom is -0.388 e. The van der Waals surface area contributed by atoms with Gasteiger partial charge in [-0.1, -0.05) is 18.2 Å². The van der Waals surface area contributed by atoms with Crippen LogP contribution in [0.3, 0.4) is 0 Å². The third kappa shape index (κ3) is 2.11. The smallest absolute Gasteiger partial charge is 0.0841 e. The van der Waals surface area contributed by atoms with Crippen LogP contribution in [-0.4, -0.2) is 22.8 Å². The SMILES string of the molecule is CC1CC(C(O)c2ccc3cccnc3c2)CO1. The van der Waals surface area contributed by atoms with Gasteiger partial charge in [0.25, 0.3) is 0 Å². The maximum atomic E-state index is 10.4. The van der Waals surface area contributed by atoms with Crippen molar-refractivity contribution in [3.63, 3.8) is 0 Å². The first-order valence-corrected chi connectivity index (χ1v) is 6.38. The molecule has 94 valence electrons. The summed E-state index contributed by atoms with van der Waals surface area (Å²) in [6.45, 7) is 2.69. The van der Waals surface area contributed by atoms with Crippen LogP contribution < -0.4 is 0 Å². The van der Waals surface area contributed by atoms with Crippen LogP contribution in [0.25, 0.3) is 10.9 Å². The number of aliphatic hydroxyl groups excluding tert-OH is 1. The lowest BCUT2D eigenvalue weighted by Crippen LogP contribution is -2.12. The zero-order chi connectivity index (χ0) is 12.5. The molecule has 1 fully saturated rings. The number of nitrogens with zero attached hydrogens (tertiary/aromatic N) is 1. The molecule has 0 aliphatic carbocycles. The first-order chi connectivity index (χ1) is 8.74. The minimum absolute atomic E-state index is 0.196. The highest BCUT2D eigenvalue weighted by molar-refractivity contribution is 5.78. The molecule has 2 heterocycles. The highest BCUT2D eigenvalue weighted by Crippen LogP contribution is 2.32. The van der Waals surface area contributed by atoms with Gasteiger partial charge >= 0.3 is 0 Å². The number of fused-ring (bicyclic) bond motifs is 1. The van der Waals surface area contributed by atoms with Crippen LogP contribution in [0.5, 0.6) is 0 Å².